The van der Waals surface area contributed by atoms with Gasteiger partial charge in [-0.05, 0) is 30.3 Å². The minimum absolute atomic E-state index is 0.105. The molecular formula is C17H16N4O2. The third-order valence-corrected chi connectivity index (χ3v) is 3.11. The smallest absolute Gasteiger partial charge is 0.247 e. The van der Waals surface area contributed by atoms with E-state index in [2.05, 4.69) is 20.8 Å². The van der Waals surface area contributed by atoms with Crippen molar-refractivity contribution in [2.24, 2.45) is 0 Å². The Hall–Kier alpha value is -3.15. The molecule has 3 aromatic rings. The summed E-state index contributed by atoms with van der Waals surface area (Å²) in [5, 5.41) is 14.0. The molecule has 23 heavy (non-hydrogen) atoms. The van der Waals surface area contributed by atoms with Crippen molar-refractivity contribution >= 4 is 17.3 Å². The van der Waals surface area contributed by atoms with Gasteiger partial charge in [-0.15, -0.1) is 10.2 Å². The predicted molar refractivity (Wildman–Crippen MR) is 87.8 cm³/mol. The highest BCUT2D eigenvalue weighted by Gasteiger charge is 2.08. The second-order valence-electron chi connectivity index (χ2n) is 4.98. The second kappa shape index (κ2) is 6.74. The van der Waals surface area contributed by atoms with E-state index in [0.717, 1.165) is 16.9 Å². The fourth-order valence-corrected chi connectivity index (χ4v) is 2.11. The number of carbonyl (C=O) groups is 1. The number of rotatable bonds is 5. The minimum atomic E-state index is -0.105. The molecule has 0 spiro atoms. The fourth-order valence-electron chi connectivity index (χ4n) is 2.11. The van der Waals surface area contributed by atoms with E-state index in [1.807, 2.05) is 54.6 Å². The maximum Gasteiger partial charge on any atom is 0.247 e. The maximum absolute atomic E-state index is 11.1. The highest BCUT2D eigenvalue weighted by molar-refractivity contribution is 5.89. The highest BCUT2D eigenvalue weighted by Crippen LogP contribution is 2.19. The molecule has 0 radical (unpaired) electrons. The van der Waals surface area contributed by atoms with Gasteiger partial charge in [0.1, 0.15) is 0 Å². The van der Waals surface area contributed by atoms with Crippen molar-refractivity contribution in [3.63, 3.8) is 0 Å². The van der Waals surface area contributed by atoms with E-state index < -0.39 is 0 Å². The zero-order valence-electron chi connectivity index (χ0n) is 12.6. The van der Waals surface area contributed by atoms with Gasteiger partial charge in [0.25, 0.3) is 0 Å². The molecular weight excluding hydrogens is 292 g/mol. The van der Waals surface area contributed by atoms with Crippen LogP contribution < -0.4 is 10.6 Å². The van der Waals surface area contributed by atoms with Crippen molar-refractivity contribution in [2.45, 2.75) is 13.5 Å². The Kier molecular flexibility index (Phi) is 4.33. The van der Waals surface area contributed by atoms with Gasteiger partial charge in [-0.3, -0.25) is 4.79 Å². The summed E-state index contributed by atoms with van der Waals surface area (Å²) in [5.41, 5.74) is 2.48. The Balaban J connectivity index is 1.65. The standard InChI is InChI=1S/C17H16N4O2/c1-12(22)19-15-9-5-8-14(10-15)18-11-16-20-21-17(23-16)13-6-3-2-4-7-13/h2-10,18H,11H2,1H3,(H,19,22). The topological polar surface area (TPSA) is 80.0 Å². The first-order valence-electron chi connectivity index (χ1n) is 7.20. The van der Waals surface area contributed by atoms with Gasteiger partial charge in [0, 0.05) is 23.9 Å². The molecule has 0 aliphatic carbocycles. The molecule has 2 aromatic carbocycles. The Morgan fingerprint density at radius 3 is 2.61 bits per heavy atom. The van der Waals surface area contributed by atoms with Crippen molar-refractivity contribution in [1.82, 2.24) is 10.2 Å². The predicted octanol–water partition coefficient (Wildman–Crippen LogP) is 3.31. The summed E-state index contributed by atoms with van der Waals surface area (Å²) in [6.45, 7) is 1.88. The van der Waals surface area contributed by atoms with Crippen LogP contribution in [0.25, 0.3) is 11.5 Å². The molecule has 6 nitrogen and oxygen atoms in total. The van der Waals surface area contributed by atoms with Crippen LogP contribution in [0.4, 0.5) is 11.4 Å². The van der Waals surface area contributed by atoms with Crippen LogP contribution in [0.3, 0.4) is 0 Å². The third-order valence-electron chi connectivity index (χ3n) is 3.11. The van der Waals surface area contributed by atoms with E-state index in [1.54, 1.807) is 0 Å². The molecule has 0 bridgehead atoms. The lowest BCUT2D eigenvalue weighted by Crippen LogP contribution is -2.06. The molecule has 1 amide bonds. The molecule has 3 rings (SSSR count). The lowest BCUT2D eigenvalue weighted by Gasteiger charge is -2.06. The average molecular weight is 308 g/mol. The van der Waals surface area contributed by atoms with Crippen LogP contribution in [0, 0.1) is 0 Å². The van der Waals surface area contributed by atoms with E-state index in [9.17, 15) is 4.79 Å². The SMILES string of the molecule is CC(=O)Nc1cccc(NCc2nnc(-c3ccccc3)o2)c1. The molecule has 116 valence electrons. The Bertz CT molecular complexity index is 799. The van der Waals surface area contributed by atoms with Crippen LogP contribution in [-0.4, -0.2) is 16.1 Å². The van der Waals surface area contributed by atoms with Gasteiger partial charge in [-0.25, -0.2) is 0 Å². The number of hydrogen-bond acceptors (Lipinski definition) is 5. The molecule has 6 heteroatoms. The maximum atomic E-state index is 11.1. The first kappa shape index (κ1) is 14.8. The van der Waals surface area contributed by atoms with Crippen LogP contribution in [-0.2, 0) is 11.3 Å². The van der Waals surface area contributed by atoms with Crippen LogP contribution in [0.5, 0.6) is 0 Å². The first-order chi connectivity index (χ1) is 11.2. The van der Waals surface area contributed by atoms with Crippen LogP contribution in [0.15, 0.2) is 59.0 Å². The van der Waals surface area contributed by atoms with Crippen molar-refractivity contribution < 1.29 is 9.21 Å². The van der Waals surface area contributed by atoms with Crippen molar-refractivity contribution in [3.05, 3.63) is 60.5 Å². The molecule has 0 saturated heterocycles. The summed E-state index contributed by atoms with van der Waals surface area (Å²) in [7, 11) is 0. The van der Waals surface area contributed by atoms with E-state index in [4.69, 9.17) is 4.42 Å². The zero-order valence-corrected chi connectivity index (χ0v) is 12.6. The number of aromatic nitrogens is 2. The van der Waals surface area contributed by atoms with E-state index in [-0.39, 0.29) is 5.91 Å². The second-order valence-corrected chi connectivity index (χ2v) is 4.98. The van der Waals surface area contributed by atoms with E-state index >= 15 is 0 Å². The molecule has 0 saturated carbocycles. The molecule has 0 atom stereocenters. The summed E-state index contributed by atoms with van der Waals surface area (Å²) in [6, 6.07) is 17.0. The van der Waals surface area contributed by atoms with Gasteiger partial charge in [0.15, 0.2) is 0 Å². The Morgan fingerprint density at radius 2 is 1.83 bits per heavy atom. The summed E-state index contributed by atoms with van der Waals surface area (Å²) < 4.78 is 5.63. The Morgan fingerprint density at radius 1 is 1.04 bits per heavy atom. The first-order valence-corrected chi connectivity index (χ1v) is 7.20. The van der Waals surface area contributed by atoms with Gasteiger partial charge < -0.3 is 15.1 Å². The van der Waals surface area contributed by atoms with Gasteiger partial charge in [-0.2, -0.15) is 0 Å². The highest BCUT2D eigenvalue weighted by atomic mass is 16.4. The number of carbonyl (C=O) groups excluding carboxylic acids is 1. The van der Waals surface area contributed by atoms with E-state index in [0.29, 0.717) is 18.3 Å². The molecule has 1 aromatic heterocycles. The lowest BCUT2D eigenvalue weighted by molar-refractivity contribution is -0.114. The summed E-state index contributed by atoms with van der Waals surface area (Å²) in [5.74, 6) is 0.884. The number of nitrogens with zero attached hydrogens (tertiary/aromatic N) is 2. The van der Waals surface area contributed by atoms with Gasteiger partial charge in [0.2, 0.25) is 17.7 Å². The molecule has 0 aliphatic rings. The quantitative estimate of drug-likeness (QED) is 0.756. The van der Waals surface area contributed by atoms with E-state index in [1.165, 1.54) is 6.92 Å². The van der Waals surface area contributed by atoms with Gasteiger partial charge >= 0.3 is 0 Å². The summed E-state index contributed by atoms with van der Waals surface area (Å²) in [4.78, 5) is 11.1. The number of hydrogen-bond donors (Lipinski definition) is 2. The fraction of sp³-hybridized carbons (Fsp3) is 0.118. The molecule has 0 fully saturated rings. The Labute approximate surface area is 133 Å². The lowest BCUT2D eigenvalue weighted by atomic mass is 10.2. The molecule has 2 N–H and O–H groups in total. The molecule has 0 aliphatic heterocycles. The minimum Gasteiger partial charge on any atom is -0.419 e. The normalized spacial score (nSPS) is 10.3. The summed E-state index contributed by atoms with van der Waals surface area (Å²) >= 11 is 0. The van der Waals surface area contributed by atoms with Crippen molar-refractivity contribution in [3.8, 4) is 11.5 Å². The van der Waals surface area contributed by atoms with Crippen molar-refractivity contribution in [1.29, 1.82) is 0 Å². The molecule has 0 unspecified atom stereocenters. The number of anilines is 2. The number of benzene rings is 2. The van der Waals surface area contributed by atoms with Crippen molar-refractivity contribution in [2.75, 3.05) is 10.6 Å². The molecule has 1 heterocycles. The zero-order chi connectivity index (χ0) is 16.1. The third kappa shape index (κ3) is 3.94. The van der Waals surface area contributed by atoms with Crippen LogP contribution in [0.1, 0.15) is 12.8 Å². The summed E-state index contributed by atoms with van der Waals surface area (Å²) in [6.07, 6.45) is 0. The van der Waals surface area contributed by atoms with Crippen LogP contribution >= 0.6 is 0 Å². The number of amides is 1. The number of nitrogens with one attached hydrogen (secondary N) is 2. The van der Waals surface area contributed by atoms with Crippen LogP contribution in [0.2, 0.25) is 0 Å². The van der Waals surface area contributed by atoms with Gasteiger partial charge in [-0.1, -0.05) is 24.3 Å². The monoisotopic (exact) mass is 308 g/mol. The average Bonchev–Trinajstić information content (AvgIpc) is 3.02. The largest absolute Gasteiger partial charge is 0.419 e. The van der Waals surface area contributed by atoms with Gasteiger partial charge in [0.05, 0.1) is 6.54 Å².